The predicted octanol–water partition coefficient (Wildman–Crippen LogP) is 2.37. The molecule has 0 aliphatic carbocycles. The first-order valence-corrected chi connectivity index (χ1v) is 6.64. The van der Waals surface area contributed by atoms with E-state index < -0.39 is 0 Å². The summed E-state index contributed by atoms with van der Waals surface area (Å²) in [6, 6.07) is 7.93. The van der Waals surface area contributed by atoms with E-state index in [1.54, 1.807) is 4.68 Å². The van der Waals surface area contributed by atoms with Crippen molar-refractivity contribution in [3.8, 4) is 0 Å². The zero-order chi connectivity index (χ0) is 13.3. The van der Waals surface area contributed by atoms with Crippen LogP contribution in [0.4, 0.5) is 5.69 Å². The summed E-state index contributed by atoms with van der Waals surface area (Å²) < 4.78 is 4.63. The topological polar surface area (TPSA) is 52.9 Å². The SMILES string of the molecule is CCn1c(C)c(N)c(=O)n1Cc1ccc(Br)cc1. The molecule has 2 rings (SSSR count). The van der Waals surface area contributed by atoms with Crippen molar-refractivity contribution in [2.45, 2.75) is 26.9 Å². The van der Waals surface area contributed by atoms with Crippen molar-refractivity contribution in [2.24, 2.45) is 0 Å². The van der Waals surface area contributed by atoms with Crippen LogP contribution in [0.1, 0.15) is 18.2 Å². The van der Waals surface area contributed by atoms with Crippen molar-refractivity contribution in [1.82, 2.24) is 9.36 Å². The highest BCUT2D eigenvalue weighted by Gasteiger charge is 2.13. The normalized spacial score (nSPS) is 10.8. The zero-order valence-electron chi connectivity index (χ0n) is 10.5. The first-order valence-electron chi connectivity index (χ1n) is 5.84. The van der Waals surface area contributed by atoms with Crippen molar-refractivity contribution in [1.29, 1.82) is 0 Å². The Morgan fingerprint density at radius 2 is 1.83 bits per heavy atom. The van der Waals surface area contributed by atoms with Crippen LogP contribution < -0.4 is 11.3 Å². The van der Waals surface area contributed by atoms with Crippen LogP contribution in [0.25, 0.3) is 0 Å². The average Bonchev–Trinajstić information content (AvgIpc) is 2.57. The maximum absolute atomic E-state index is 12.0. The number of halogens is 1. The van der Waals surface area contributed by atoms with Crippen LogP contribution in [-0.2, 0) is 13.1 Å². The molecule has 5 heteroatoms. The molecule has 0 saturated carbocycles. The van der Waals surface area contributed by atoms with Gasteiger partial charge in [0.05, 0.1) is 12.2 Å². The van der Waals surface area contributed by atoms with E-state index in [0.29, 0.717) is 12.2 Å². The molecular formula is C13H16BrN3O. The van der Waals surface area contributed by atoms with Crippen LogP contribution in [0.3, 0.4) is 0 Å². The van der Waals surface area contributed by atoms with E-state index in [2.05, 4.69) is 15.9 Å². The van der Waals surface area contributed by atoms with Gasteiger partial charge in [-0.2, -0.15) is 0 Å². The molecule has 1 aromatic carbocycles. The minimum Gasteiger partial charge on any atom is -0.393 e. The van der Waals surface area contributed by atoms with Crippen molar-refractivity contribution in [3.63, 3.8) is 0 Å². The van der Waals surface area contributed by atoms with Crippen LogP contribution in [0.2, 0.25) is 0 Å². The molecule has 2 aromatic rings. The second-order valence-corrected chi connectivity index (χ2v) is 5.12. The maximum atomic E-state index is 12.0. The van der Waals surface area contributed by atoms with Gasteiger partial charge in [-0.3, -0.25) is 9.48 Å². The summed E-state index contributed by atoms with van der Waals surface area (Å²) in [7, 11) is 0. The number of benzene rings is 1. The lowest BCUT2D eigenvalue weighted by Crippen LogP contribution is -2.24. The van der Waals surface area contributed by atoms with Crippen molar-refractivity contribution < 1.29 is 0 Å². The molecule has 0 saturated heterocycles. The van der Waals surface area contributed by atoms with Crippen LogP contribution in [0, 0.1) is 6.92 Å². The Hall–Kier alpha value is -1.49. The van der Waals surface area contributed by atoms with E-state index in [-0.39, 0.29) is 5.56 Å². The molecule has 1 heterocycles. The van der Waals surface area contributed by atoms with Crippen LogP contribution in [-0.4, -0.2) is 9.36 Å². The molecule has 0 atom stereocenters. The number of hydrogen-bond donors (Lipinski definition) is 1. The lowest BCUT2D eigenvalue weighted by Gasteiger charge is -2.11. The van der Waals surface area contributed by atoms with Crippen molar-refractivity contribution in [2.75, 3.05) is 5.73 Å². The molecular weight excluding hydrogens is 294 g/mol. The Labute approximate surface area is 114 Å². The van der Waals surface area contributed by atoms with Crippen LogP contribution >= 0.6 is 15.9 Å². The summed E-state index contributed by atoms with van der Waals surface area (Å²) in [4.78, 5) is 12.0. The highest BCUT2D eigenvalue weighted by atomic mass is 79.9. The van der Waals surface area contributed by atoms with Gasteiger partial charge < -0.3 is 5.73 Å². The summed E-state index contributed by atoms with van der Waals surface area (Å²) in [6.45, 7) is 5.15. The van der Waals surface area contributed by atoms with Gasteiger partial charge in [-0.1, -0.05) is 28.1 Å². The second-order valence-electron chi connectivity index (χ2n) is 4.20. The molecule has 0 spiro atoms. The monoisotopic (exact) mass is 309 g/mol. The van der Waals surface area contributed by atoms with Gasteiger partial charge in [0.15, 0.2) is 0 Å². The van der Waals surface area contributed by atoms with Gasteiger partial charge in [0, 0.05) is 11.0 Å². The third kappa shape index (κ3) is 2.22. The first kappa shape index (κ1) is 13.0. The van der Waals surface area contributed by atoms with Crippen molar-refractivity contribution >= 4 is 21.6 Å². The third-order valence-electron chi connectivity index (χ3n) is 3.08. The van der Waals surface area contributed by atoms with Gasteiger partial charge in [-0.15, -0.1) is 0 Å². The Morgan fingerprint density at radius 1 is 1.22 bits per heavy atom. The number of rotatable bonds is 3. The Bertz CT molecular complexity index is 610. The van der Waals surface area contributed by atoms with Gasteiger partial charge in [0.1, 0.15) is 5.69 Å². The summed E-state index contributed by atoms with van der Waals surface area (Å²) in [5, 5.41) is 0. The number of nitrogen functional groups attached to an aromatic ring is 1. The molecule has 4 nitrogen and oxygen atoms in total. The molecule has 0 fully saturated rings. The van der Waals surface area contributed by atoms with E-state index in [4.69, 9.17) is 5.73 Å². The Kier molecular flexibility index (Phi) is 3.61. The van der Waals surface area contributed by atoms with Gasteiger partial charge in [0.25, 0.3) is 5.56 Å². The van der Waals surface area contributed by atoms with Crippen molar-refractivity contribution in [3.05, 3.63) is 50.3 Å². The summed E-state index contributed by atoms with van der Waals surface area (Å²) in [5.41, 5.74) is 7.93. The molecule has 0 bridgehead atoms. The van der Waals surface area contributed by atoms with E-state index in [0.717, 1.165) is 22.3 Å². The zero-order valence-corrected chi connectivity index (χ0v) is 12.1. The number of hydrogen-bond acceptors (Lipinski definition) is 2. The molecule has 0 aliphatic rings. The fourth-order valence-corrected chi connectivity index (χ4v) is 2.32. The quantitative estimate of drug-likeness (QED) is 0.946. The highest BCUT2D eigenvalue weighted by Crippen LogP contribution is 2.13. The fourth-order valence-electron chi connectivity index (χ4n) is 2.05. The van der Waals surface area contributed by atoms with E-state index in [1.807, 2.05) is 42.8 Å². The van der Waals surface area contributed by atoms with Gasteiger partial charge >= 0.3 is 0 Å². The number of nitrogens with zero attached hydrogens (tertiary/aromatic N) is 2. The van der Waals surface area contributed by atoms with E-state index in [1.165, 1.54) is 0 Å². The number of anilines is 1. The molecule has 0 radical (unpaired) electrons. The number of aromatic nitrogens is 2. The summed E-state index contributed by atoms with van der Waals surface area (Å²) in [6.07, 6.45) is 0. The van der Waals surface area contributed by atoms with E-state index in [9.17, 15) is 4.79 Å². The minimum absolute atomic E-state index is 0.114. The summed E-state index contributed by atoms with van der Waals surface area (Å²) >= 11 is 3.40. The molecule has 0 unspecified atom stereocenters. The van der Waals surface area contributed by atoms with Gasteiger partial charge in [0.2, 0.25) is 0 Å². The summed E-state index contributed by atoms with van der Waals surface area (Å²) in [5.74, 6) is 0. The van der Waals surface area contributed by atoms with Gasteiger partial charge in [-0.25, -0.2) is 4.68 Å². The average molecular weight is 310 g/mol. The molecule has 0 amide bonds. The molecule has 1 aromatic heterocycles. The predicted molar refractivity (Wildman–Crippen MR) is 76.8 cm³/mol. The highest BCUT2D eigenvalue weighted by molar-refractivity contribution is 9.10. The molecule has 0 aliphatic heterocycles. The molecule has 18 heavy (non-hydrogen) atoms. The third-order valence-corrected chi connectivity index (χ3v) is 3.61. The Balaban J connectivity index is 2.43. The molecule has 2 N–H and O–H groups in total. The molecule has 96 valence electrons. The number of nitrogens with two attached hydrogens (primary N) is 1. The van der Waals surface area contributed by atoms with Gasteiger partial charge in [-0.05, 0) is 31.5 Å². The minimum atomic E-state index is -0.114. The van der Waals surface area contributed by atoms with Crippen LogP contribution in [0.5, 0.6) is 0 Å². The first-order chi connectivity index (χ1) is 8.54. The standard InChI is InChI=1S/C13H16BrN3O/c1-3-16-9(2)12(15)13(18)17(16)8-10-4-6-11(14)7-5-10/h4-7H,3,8,15H2,1-2H3. The lowest BCUT2D eigenvalue weighted by atomic mass is 10.2. The Morgan fingerprint density at radius 3 is 2.39 bits per heavy atom. The lowest BCUT2D eigenvalue weighted by molar-refractivity contribution is 0.479. The second kappa shape index (κ2) is 5.02. The fraction of sp³-hybridized carbons (Fsp3) is 0.308. The smallest absolute Gasteiger partial charge is 0.290 e. The van der Waals surface area contributed by atoms with E-state index >= 15 is 0 Å². The largest absolute Gasteiger partial charge is 0.393 e. The van der Waals surface area contributed by atoms with Crippen LogP contribution in [0.15, 0.2) is 33.5 Å². The maximum Gasteiger partial charge on any atom is 0.290 e.